The topological polar surface area (TPSA) is 29.5 Å². The van der Waals surface area contributed by atoms with Gasteiger partial charge in [-0.15, -0.1) is 0 Å². The van der Waals surface area contributed by atoms with E-state index in [9.17, 15) is 4.39 Å². The molecule has 0 aliphatic carbocycles. The molecule has 0 aliphatic heterocycles. The summed E-state index contributed by atoms with van der Waals surface area (Å²) in [5.74, 6) is -0.238. The number of benzene rings is 2. The molecule has 3 heteroatoms. The van der Waals surface area contributed by atoms with Crippen LogP contribution >= 0.6 is 0 Å². The van der Waals surface area contributed by atoms with Crippen molar-refractivity contribution in [3.8, 4) is 0 Å². The van der Waals surface area contributed by atoms with E-state index < -0.39 is 0 Å². The van der Waals surface area contributed by atoms with Gasteiger partial charge >= 0.3 is 0 Å². The Morgan fingerprint density at radius 1 is 0.778 bits per heavy atom. The first-order chi connectivity index (χ1) is 8.78. The lowest BCUT2D eigenvalue weighted by Crippen LogP contribution is -1.94. The Kier molecular flexibility index (Phi) is 4.45. The summed E-state index contributed by atoms with van der Waals surface area (Å²) in [4.78, 5) is 0. The fourth-order valence-corrected chi connectivity index (χ4v) is 1.61. The van der Waals surface area contributed by atoms with Crippen molar-refractivity contribution < 1.29 is 14.2 Å². The first-order valence-corrected chi connectivity index (χ1v) is 5.79. The van der Waals surface area contributed by atoms with Crippen molar-refractivity contribution in [2.24, 2.45) is 0 Å². The molecule has 2 rings (SSSR count). The SMILES string of the molecule is OCc1ccc(COCc2ccc(F)cc2)cc1. The second-order valence-electron chi connectivity index (χ2n) is 4.09. The third kappa shape index (κ3) is 3.65. The number of ether oxygens (including phenoxy) is 1. The third-order valence-electron chi connectivity index (χ3n) is 2.66. The lowest BCUT2D eigenvalue weighted by Gasteiger charge is -2.05. The zero-order valence-electron chi connectivity index (χ0n) is 9.97. The van der Waals surface area contributed by atoms with E-state index in [-0.39, 0.29) is 12.4 Å². The number of halogens is 1. The molecule has 0 heterocycles. The molecule has 0 unspecified atom stereocenters. The first kappa shape index (κ1) is 12.7. The van der Waals surface area contributed by atoms with E-state index in [2.05, 4.69) is 0 Å². The van der Waals surface area contributed by atoms with Gasteiger partial charge in [-0.2, -0.15) is 0 Å². The molecule has 0 radical (unpaired) electrons. The van der Waals surface area contributed by atoms with E-state index in [1.165, 1.54) is 12.1 Å². The van der Waals surface area contributed by atoms with Gasteiger partial charge in [0.25, 0.3) is 0 Å². The summed E-state index contributed by atoms with van der Waals surface area (Å²) in [6, 6.07) is 13.9. The molecule has 0 saturated heterocycles. The van der Waals surface area contributed by atoms with Gasteiger partial charge in [0, 0.05) is 0 Å². The maximum Gasteiger partial charge on any atom is 0.123 e. The minimum absolute atomic E-state index is 0.0523. The lowest BCUT2D eigenvalue weighted by molar-refractivity contribution is 0.107. The summed E-state index contributed by atoms with van der Waals surface area (Å²) in [6.45, 7) is 1.02. The zero-order chi connectivity index (χ0) is 12.8. The van der Waals surface area contributed by atoms with Crippen LogP contribution in [0.25, 0.3) is 0 Å². The van der Waals surface area contributed by atoms with E-state index >= 15 is 0 Å². The van der Waals surface area contributed by atoms with Crippen LogP contribution in [0.15, 0.2) is 48.5 Å². The van der Waals surface area contributed by atoms with Crippen LogP contribution in [0.3, 0.4) is 0 Å². The standard InChI is InChI=1S/C15H15FO2/c16-15-7-5-14(6-8-15)11-18-10-13-3-1-12(9-17)2-4-13/h1-8,17H,9-11H2. The van der Waals surface area contributed by atoms with Crippen molar-refractivity contribution >= 4 is 0 Å². The predicted octanol–water partition coefficient (Wildman–Crippen LogP) is 3.03. The van der Waals surface area contributed by atoms with Gasteiger partial charge in [-0.05, 0) is 28.8 Å². The third-order valence-corrected chi connectivity index (χ3v) is 2.66. The minimum Gasteiger partial charge on any atom is -0.392 e. The largest absolute Gasteiger partial charge is 0.392 e. The van der Waals surface area contributed by atoms with Crippen molar-refractivity contribution in [3.63, 3.8) is 0 Å². The molecule has 0 spiro atoms. The maximum absolute atomic E-state index is 12.7. The summed E-state index contributed by atoms with van der Waals surface area (Å²) in [5.41, 5.74) is 2.88. The van der Waals surface area contributed by atoms with Crippen LogP contribution in [0.1, 0.15) is 16.7 Å². The van der Waals surface area contributed by atoms with Gasteiger partial charge in [0.15, 0.2) is 0 Å². The molecule has 0 atom stereocenters. The van der Waals surface area contributed by atoms with Crippen LogP contribution in [0.4, 0.5) is 4.39 Å². The van der Waals surface area contributed by atoms with Crippen molar-refractivity contribution in [3.05, 3.63) is 71.0 Å². The fourth-order valence-electron chi connectivity index (χ4n) is 1.61. The average molecular weight is 246 g/mol. The summed E-state index contributed by atoms with van der Waals surface area (Å²) < 4.78 is 18.2. The lowest BCUT2D eigenvalue weighted by atomic mass is 10.1. The van der Waals surface area contributed by atoms with Crippen LogP contribution in [0.2, 0.25) is 0 Å². The quantitative estimate of drug-likeness (QED) is 0.878. The fraction of sp³-hybridized carbons (Fsp3) is 0.200. The Hall–Kier alpha value is -1.71. The number of aliphatic hydroxyl groups excluding tert-OH is 1. The second-order valence-corrected chi connectivity index (χ2v) is 4.09. The summed E-state index contributed by atoms with van der Waals surface area (Å²) in [6.07, 6.45) is 0. The van der Waals surface area contributed by atoms with Crippen LogP contribution < -0.4 is 0 Å². The molecule has 2 aromatic rings. The second kappa shape index (κ2) is 6.28. The molecule has 0 aliphatic rings. The van der Waals surface area contributed by atoms with Crippen molar-refractivity contribution in [2.75, 3.05) is 0 Å². The molecule has 0 aromatic heterocycles. The van der Waals surface area contributed by atoms with Crippen LogP contribution in [0.5, 0.6) is 0 Å². The van der Waals surface area contributed by atoms with Gasteiger partial charge in [0.1, 0.15) is 5.82 Å². The first-order valence-electron chi connectivity index (χ1n) is 5.79. The smallest absolute Gasteiger partial charge is 0.123 e. The highest BCUT2D eigenvalue weighted by Gasteiger charge is 1.97. The molecular formula is C15H15FO2. The number of hydrogen-bond donors (Lipinski definition) is 1. The van der Waals surface area contributed by atoms with Crippen molar-refractivity contribution in [2.45, 2.75) is 19.8 Å². The molecule has 2 nitrogen and oxygen atoms in total. The van der Waals surface area contributed by atoms with E-state index in [0.717, 1.165) is 16.7 Å². The highest BCUT2D eigenvalue weighted by Crippen LogP contribution is 2.08. The van der Waals surface area contributed by atoms with Gasteiger partial charge in [0.2, 0.25) is 0 Å². The molecule has 1 N–H and O–H groups in total. The van der Waals surface area contributed by atoms with E-state index in [1.54, 1.807) is 12.1 Å². The molecule has 18 heavy (non-hydrogen) atoms. The minimum atomic E-state index is -0.238. The van der Waals surface area contributed by atoms with E-state index in [1.807, 2.05) is 24.3 Å². The number of rotatable bonds is 5. The highest BCUT2D eigenvalue weighted by molar-refractivity contribution is 5.21. The summed E-state index contributed by atoms with van der Waals surface area (Å²) in [5, 5.41) is 8.91. The maximum atomic E-state index is 12.7. The van der Waals surface area contributed by atoms with Crippen molar-refractivity contribution in [1.82, 2.24) is 0 Å². The number of aliphatic hydroxyl groups is 1. The molecule has 94 valence electrons. The van der Waals surface area contributed by atoms with E-state index in [0.29, 0.717) is 13.2 Å². The Morgan fingerprint density at radius 3 is 1.72 bits per heavy atom. The molecule has 0 fully saturated rings. The van der Waals surface area contributed by atoms with Crippen LogP contribution in [-0.4, -0.2) is 5.11 Å². The van der Waals surface area contributed by atoms with Crippen molar-refractivity contribution in [1.29, 1.82) is 0 Å². The Labute approximate surface area is 106 Å². The monoisotopic (exact) mass is 246 g/mol. The van der Waals surface area contributed by atoms with Crippen LogP contribution in [0, 0.1) is 5.82 Å². The van der Waals surface area contributed by atoms with Gasteiger partial charge in [0.05, 0.1) is 19.8 Å². The Morgan fingerprint density at radius 2 is 1.22 bits per heavy atom. The normalized spacial score (nSPS) is 10.6. The Bertz CT molecular complexity index is 477. The molecule has 0 saturated carbocycles. The number of hydrogen-bond acceptors (Lipinski definition) is 2. The van der Waals surface area contributed by atoms with Gasteiger partial charge in [-0.1, -0.05) is 36.4 Å². The molecule has 0 bridgehead atoms. The van der Waals surface area contributed by atoms with E-state index in [4.69, 9.17) is 9.84 Å². The summed E-state index contributed by atoms with van der Waals surface area (Å²) >= 11 is 0. The van der Waals surface area contributed by atoms with Gasteiger partial charge in [-0.25, -0.2) is 4.39 Å². The highest BCUT2D eigenvalue weighted by atomic mass is 19.1. The summed E-state index contributed by atoms with van der Waals surface area (Å²) in [7, 11) is 0. The zero-order valence-corrected chi connectivity index (χ0v) is 9.97. The molecule has 2 aromatic carbocycles. The average Bonchev–Trinajstić information content (AvgIpc) is 2.42. The van der Waals surface area contributed by atoms with Gasteiger partial charge < -0.3 is 9.84 Å². The van der Waals surface area contributed by atoms with Gasteiger partial charge in [-0.3, -0.25) is 0 Å². The molecule has 0 amide bonds. The predicted molar refractivity (Wildman–Crippen MR) is 67.3 cm³/mol. The van der Waals surface area contributed by atoms with Crippen LogP contribution in [-0.2, 0) is 24.6 Å². The molecular weight excluding hydrogens is 231 g/mol. The Balaban J connectivity index is 1.82.